The van der Waals surface area contributed by atoms with Crippen LogP contribution in [0.25, 0.3) is 0 Å². The minimum absolute atomic E-state index is 0.566. The zero-order valence-electron chi connectivity index (χ0n) is 13.3. The average molecular weight is 337 g/mol. The summed E-state index contributed by atoms with van der Waals surface area (Å²) in [6.07, 6.45) is 2.82. The quantitative estimate of drug-likeness (QED) is 0.740. The van der Waals surface area contributed by atoms with Gasteiger partial charge in [-0.25, -0.2) is 4.98 Å². The molecule has 0 spiro atoms. The topological polar surface area (TPSA) is 41.1 Å². The normalized spacial score (nSPS) is 13.0. The van der Waals surface area contributed by atoms with E-state index in [1.54, 1.807) is 6.20 Å². The highest BCUT2D eigenvalue weighted by molar-refractivity contribution is 6.31. The van der Waals surface area contributed by atoms with Crippen molar-refractivity contribution < 1.29 is 0 Å². The largest absolute Gasteiger partial charge is 0.326 e. The highest BCUT2D eigenvalue weighted by atomic mass is 35.5. The molecular weight excluding hydrogens is 320 g/mol. The van der Waals surface area contributed by atoms with Gasteiger partial charge in [0.05, 0.1) is 0 Å². The van der Waals surface area contributed by atoms with E-state index in [9.17, 15) is 0 Å². The maximum absolute atomic E-state index is 6.18. The van der Waals surface area contributed by atoms with Crippen molar-refractivity contribution in [1.29, 1.82) is 0 Å². The van der Waals surface area contributed by atoms with Crippen molar-refractivity contribution in [1.82, 2.24) is 9.97 Å². The van der Waals surface area contributed by atoms with Gasteiger partial charge in [-0.2, -0.15) is 4.98 Å². The molecule has 0 atom stereocenters. The van der Waals surface area contributed by atoms with Crippen molar-refractivity contribution in [3.8, 4) is 0 Å². The van der Waals surface area contributed by atoms with Crippen LogP contribution in [0.2, 0.25) is 5.02 Å². The van der Waals surface area contributed by atoms with Gasteiger partial charge in [0, 0.05) is 29.1 Å². The van der Waals surface area contributed by atoms with Crippen molar-refractivity contribution in [3.05, 3.63) is 70.9 Å². The Morgan fingerprint density at radius 2 is 2.00 bits per heavy atom. The lowest BCUT2D eigenvalue weighted by molar-refractivity contribution is 0.966. The number of nitrogens with one attached hydrogen (secondary N) is 1. The first kappa shape index (κ1) is 15.0. The van der Waals surface area contributed by atoms with E-state index in [0.29, 0.717) is 5.95 Å². The summed E-state index contributed by atoms with van der Waals surface area (Å²) in [5.41, 5.74) is 4.51. The second kappa shape index (κ2) is 6.13. The van der Waals surface area contributed by atoms with Crippen LogP contribution in [0.15, 0.2) is 54.7 Å². The van der Waals surface area contributed by atoms with Gasteiger partial charge < -0.3 is 10.2 Å². The second-order valence-electron chi connectivity index (χ2n) is 5.86. The maximum atomic E-state index is 6.18. The summed E-state index contributed by atoms with van der Waals surface area (Å²) in [6, 6.07) is 16.2. The van der Waals surface area contributed by atoms with E-state index in [4.69, 9.17) is 11.6 Å². The van der Waals surface area contributed by atoms with Gasteiger partial charge in [0.25, 0.3) is 0 Å². The number of halogens is 1. The summed E-state index contributed by atoms with van der Waals surface area (Å²) in [5, 5.41) is 3.95. The van der Waals surface area contributed by atoms with Crippen molar-refractivity contribution in [3.63, 3.8) is 0 Å². The van der Waals surface area contributed by atoms with Crippen LogP contribution in [0.4, 0.5) is 23.1 Å². The predicted octanol–water partition coefficient (Wildman–Crippen LogP) is 4.88. The minimum atomic E-state index is 0.566. The lowest BCUT2D eigenvalue weighted by atomic mass is 10.2. The fraction of sp³-hybridized carbons (Fsp3) is 0.158. The van der Waals surface area contributed by atoms with Crippen LogP contribution in [-0.4, -0.2) is 16.5 Å². The molecule has 1 aliphatic heterocycles. The molecule has 3 aromatic rings. The Balaban J connectivity index is 1.61. The van der Waals surface area contributed by atoms with Crippen LogP contribution >= 0.6 is 11.6 Å². The van der Waals surface area contributed by atoms with Crippen LogP contribution in [0.3, 0.4) is 0 Å². The zero-order chi connectivity index (χ0) is 16.5. The van der Waals surface area contributed by atoms with Gasteiger partial charge in [-0.15, -0.1) is 0 Å². The third kappa shape index (κ3) is 2.81. The first-order chi connectivity index (χ1) is 11.7. The molecule has 2 heterocycles. The Morgan fingerprint density at radius 1 is 1.12 bits per heavy atom. The fourth-order valence-electron chi connectivity index (χ4n) is 2.94. The standard InChI is InChI=1S/C19H17ClN4/c1-13-6-7-15(12-16(13)20)22-19-21-10-8-18(23-19)24-11-9-14-4-2-3-5-17(14)24/h2-8,10,12H,9,11H2,1H3,(H,21,22,23). The molecule has 24 heavy (non-hydrogen) atoms. The molecule has 0 saturated heterocycles. The molecular formula is C19H17ClN4. The smallest absolute Gasteiger partial charge is 0.229 e. The number of hydrogen-bond acceptors (Lipinski definition) is 4. The molecule has 1 N–H and O–H groups in total. The predicted molar refractivity (Wildman–Crippen MR) is 98.7 cm³/mol. The molecule has 2 aromatic carbocycles. The van der Waals surface area contributed by atoms with Gasteiger partial charge >= 0.3 is 0 Å². The van der Waals surface area contributed by atoms with Crippen LogP contribution in [0, 0.1) is 6.92 Å². The molecule has 0 aliphatic carbocycles. The molecule has 4 rings (SSSR count). The third-order valence-corrected chi connectivity index (χ3v) is 4.64. The van der Waals surface area contributed by atoms with E-state index < -0.39 is 0 Å². The Hall–Kier alpha value is -2.59. The molecule has 0 radical (unpaired) electrons. The Labute approximate surface area is 146 Å². The van der Waals surface area contributed by atoms with Gasteiger partial charge in [-0.1, -0.05) is 35.9 Å². The van der Waals surface area contributed by atoms with Crippen LogP contribution in [0.1, 0.15) is 11.1 Å². The highest BCUT2D eigenvalue weighted by Crippen LogP contribution is 2.33. The lowest BCUT2D eigenvalue weighted by Crippen LogP contribution is -2.15. The van der Waals surface area contributed by atoms with E-state index in [1.165, 1.54) is 11.3 Å². The van der Waals surface area contributed by atoms with E-state index in [1.807, 2.05) is 31.2 Å². The van der Waals surface area contributed by atoms with Gasteiger partial charge in [0.2, 0.25) is 5.95 Å². The number of nitrogens with zero attached hydrogens (tertiary/aromatic N) is 3. The van der Waals surface area contributed by atoms with Crippen molar-refractivity contribution in [2.45, 2.75) is 13.3 Å². The molecule has 0 unspecified atom stereocenters. The Kier molecular flexibility index (Phi) is 3.82. The Morgan fingerprint density at radius 3 is 2.88 bits per heavy atom. The van der Waals surface area contributed by atoms with Gasteiger partial charge in [-0.05, 0) is 48.7 Å². The zero-order valence-corrected chi connectivity index (χ0v) is 14.1. The van der Waals surface area contributed by atoms with Crippen LogP contribution in [-0.2, 0) is 6.42 Å². The second-order valence-corrected chi connectivity index (χ2v) is 6.26. The Bertz CT molecular complexity index is 894. The molecule has 1 aromatic heterocycles. The molecule has 0 fully saturated rings. The summed E-state index contributed by atoms with van der Waals surface area (Å²) in [7, 11) is 0. The van der Waals surface area contributed by atoms with E-state index >= 15 is 0 Å². The number of anilines is 4. The van der Waals surface area contributed by atoms with Crippen molar-refractivity contribution >= 4 is 34.7 Å². The van der Waals surface area contributed by atoms with E-state index in [-0.39, 0.29) is 0 Å². The number of fused-ring (bicyclic) bond motifs is 1. The number of aromatic nitrogens is 2. The number of hydrogen-bond donors (Lipinski definition) is 1. The minimum Gasteiger partial charge on any atom is -0.326 e. The van der Waals surface area contributed by atoms with Crippen LogP contribution in [0.5, 0.6) is 0 Å². The summed E-state index contributed by atoms with van der Waals surface area (Å²) < 4.78 is 0. The molecule has 0 amide bonds. The summed E-state index contributed by atoms with van der Waals surface area (Å²) in [5.74, 6) is 1.47. The summed E-state index contributed by atoms with van der Waals surface area (Å²) >= 11 is 6.18. The van der Waals surface area contributed by atoms with Crippen molar-refractivity contribution in [2.24, 2.45) is 0 Å². The number of benzene rings is 2. The van der Waals surface area contributed by atoms with Gasteiger partial charge in [-0.3, -0.25) is 0 Å². The third-order valence-electron chi connectivity index (χ3n) is 4.23. The first-order valence-corrected chi connectivity index (χ1v) is 8.30. The average Bonchev–Trinajstić information content (AvgIpc) is 3.03. The van der Waals surface area contributed by atoms with Crippen LogP contribution < -0.4 is 10.2 Å². The molecule has 0 saturated carbocycles. The lowest BCUT2D eigenvalue weighted by Gasteiger charge is -2.18. The SMILES string of the molecule is Cc1ccc(Nc2nccc(N3CCc4ccccc43)n2)cc1Cl. The molecule has 0 bridgehead atoms. The monoisotopic (exact) mass is 336 g/mol. The highest BCUT2D eigenvalue weighted by Gasteiger charge is 2.21. The number of para-hydroxylation sites is 1. The summed E-state index contributed by atoms with van der Waals surface area (Å²) in [6.45, 7) is 2.92. The molecule has 1 aliphatic rings. The van der Waals surface area contributed by atoms with Crippen molar-refractivity contribution in [2.75, 3.05) is 16.8 Å². The number of rotatable bonds is 3. The van der Waals surface area contributed by atoms with E-state index in [2.05, 4.69) is 44.5 Å². The van der Waals surface area contributed by atoms with Gasteiger partial charge in [0.1, 0.15) is 5.82 Å². The summed E-state index contributed by atoms with van der Waals surface area (Å²) in [4.78, 5) is 11.2. The van der Waals surface area contributed by atoms with E-state index in [0.717, 1.165) is 35.1 Å². The molecule has 4 nitrogen and oxygen atoms in total. The fourth-order valence-corrected chi connectivity index (χ4v) is 3.12. The maximum Gasteiger partial charge on any atom is 0.229 e. The van der Waals surface area contributed by atoms with Gasteiger partial charge in [0.15, 0.2) is 0 Å². The number of aryl methyl sites for hydroxylation is 1. The molecule has 5 heteroatoms. The first-order valence-electron chi connectivity index (χ1n) is 7.92. The molecule has 120 valence electrons.